The molecule has 0 aliphatic rings. The molecule has 0 spiro atoms. The monoisotopic (exact) mass is 568 g/mol. The second-order valence-corrected chi connectivity index (χ2v) is 9.16. The van der Waals surface area contributed by atoms with Crippen LogP contribution in [0.4, 0.5) is 0 Å². The van der Waals surface area contributed by atoms with Gasteiger partial charge in [-0.05, 0) is 64.8 Å². The maximum Gasteiger partial charge on any atom is 0.358 e. The summed E-state index contributed by atoms with van der Waals surface area (Å²) in [5.41, 5.74) is 0.543. The third-order valence-corrected chi connectivity index (χ3v) is 5.19. The Hall–Kier alpha value is -1.57. The minimum absolute atomic E-state index is 0.0997. The molecule has 0 unspecified atom stereocenters. The number of hydrogen-bond donors (Lipinski definition) is 0. The van der Waals surface area contributed by atoms with Crippen molar-refractivity contribution in [2.24, 2.45) is 0 Å². The summed E-state index contributed by atoms with van der Waals surface area (Å²) in [6.07, 6.45) is 3.84. The normalized spacial score (nSPS) is 10.6. The highest BCUT2D eigenvalue weighted by Gasteiger charge is 2.19. The Kier molecular flexibility index (Phi) is 10.2. The molecule has 9 nitrogen and oxygen atoms in total. The van der Waals surface area contributed by atoms with E-state index in [0.717, 1.165) is 10.7 Å². The van der Waals surface area contributed by atoms with Gasteiger partial charge in [-0.3, -0.25) is 0 Å². The molecule has 0 bridgehead atoms. The summed E-state index contributed by atoms with van der Waals surface area (Å²) in [5.74, 6) is -0.0121. The number of nitrogens with zero attached hydrogens (tertiary/aromatic N) is 4. The lowest BCUT2D eigenvalue weighted by Gasteiger charge is -2.05. The molecule has 0 saturated heterocycles. The molecule has 158 valence electrons. The van der Waals surface area contributed by atoms with Crippen LogP contribution in [-0.2, 0) is 19.3 Å². The number of hydrogen-bond acceptors (Lipinski definition) is 10. The Balaban J connectivity index is 0.000000296. The molecule has 0 saturated carbocycles. The number of rotatable bonds is 5. The van der Waals surface area contributed by atoms with E-state index in [4.69, 9.17) is 21.7 Å². The average Bonchev–Trinajstić information content (AvgIpc) is 2.64. The molecule has 0 aromatic carbocycles. The number of aromatic nitrogens is 4. The molecule has 2 rings (SSSR count). The van der Waals surface area contributed by atoms with Gasteiger partial charge in [-0.2, -0.15) is 0 Å². The van der Waals surface area contributed by atoms with Gasteiger partial charge in [-0.15, -0.1) is 0 Å². The first-order valence-electron chi connectivity index (χ1n) is 8.07. The van der Waals surface area contributed by atoms with E-state index >= 15 is 0 Å². The second kappa shape index (κ2) is 11.6. The van der Waals surface area contributed by atoms with Crippen molar-refractivity contribution in [3.8, 4) is 0 Å². The van der Waals surface area contributed by atoms with Gasteiger partial charge in [0, 0.05) is 18.6 Å². The predicted octanol–water partition coefficient (Wildman–Crippen LogP) is 3.08. The van der Waals surface area contributed by atoms with Gasteiger partial charge in [-0.1, -0.05) is 0 Å². The van der Waals surface area contributed by atoms with Gasteiger partial charge in [0.15, 0.2) is 5.69 Å². The molecule has 2 heterocycles. The van der Waals surface area contributed by atoms with Crippen molar-refractivity contribution in [3.05, 3.63) is 38.6 Å². The van der Waals surface area contributed by atoms with E-state index in [2.05, 4.69) is 51.8 Å². The van der Waals surface area contributed by atoms with Crippen LogP contribution in [0.25, 0.3) is 0 Å². The highest BCUT2D eigenvalue weighted by Crippen LogP contribution is 2.16. The largest absolute Gasteiger partial charge is 0.482 e. The summed E-state index contributed by atoms with van der Waals surface area (Å²) in [7, 11) is -3.54. The Bertz CT molecular complexity index is 1000. The van der Waals surface area contributed by atoms with Crippen LogP contribution < -0.4 is 0 Å². The Labute approximate surface area is 190 Å². The van der Waals surface area contributed by atoms with Crippen molar-refractivity contribution in [2.75, 3.05) is 19.5 Å². The van der Waals surface area contributed by atoms with Crippen LogP contribution in [0.15, 0.2) is 26.5 Å². The van der Waals surface area contributed by atoms with Gasteiger partial charge in [-0.25, -0.2) is 33.1 Å². The van der Waals surface area contributed by atoms with E-state index in [9.17, 15) is 13.2 Å². The zero-order chi connectivity index (χ0) is 22.2. The van der Waals surface area contributed by atoms with Crippen LogP contribution in [0.3, 0.4) is 0 Å². The van der Waals surface area contributed by atoms with Crippen LogP contribution in [0.2, 0.25) is 0 Å². The molecular formula is C16H18Br2N4O5S2. The molecule has 0 N–H and O–H groups in total. The molecule has 0 amide bonds. The van der Waals surface area contributed by atoms with Crippen LogP contribution >= 0.6 is 44.1 Å². The standard InChI is InChI=1S/C8H9BrN2O4S.C8H9BrN2OS/c1-3-15-7(12)6-5(9)4-10-8(11-6)16(2,13)14;1-3-12-8(13)7-6(9)4-10-5(2)11-7/h4H,3H2,1-2H3;4H,3H2,1-2H3. The lowest BCUT2D eigenvalue weighted by atomic mass is 10.4. The van der Waals surface area contributed by atoms with Crippen molar-refractivity contribution in [2.45, 2.75) is 25.9 Å². The topological polar surface area (TPSA) is 121 Å². The quantitative estimate of drug-likeness (QED) is 0.301. The number of carbonyl (C=O) groups excluding carboxylic acids is 1. The third-order valence-electron chi connectivity index (χ3n) is 2.86. The van der Waals surface area contributed by atoms with E-state index in [1.165, 1.54) is 6.20 Å². The molecule has 2 aromatic rings. The van der Waals surface area contributed by atoms with Crippen molar-refractivity contribution in [3.63, 3.8) is 0 Å². The summed E-state index contributed by atoms with van der Waals surface area (Å²) in [6.45, 7) is 6.07. The number of aryl methyl sites for hydroxylation is 1. The first-order valence-corrected chi connectivity index (χ1v) is 12.0. The molecule has 13 heteroatoms. The summed E-state index contributed by atoms with van der Waals surface area (Å²) in [4.78, 5) is 26.8. The van der Waals surface area contributed by atoms with E-state index in [1.807, 2.05) is 13.8 Å². The first kappa shape index (κ1) is 25.5. The summed E-state index contributed by atoms with van der Waals surface area (Å²) >= 11 is 11.4. The van der Waals surface area contributed by atoms with Crippen molar-refractivity contribution in [1.82, 2.24) is 19.9 Å². The molecule has 0 aliphatic heterocycles. The van der Waals surface area contributed by atoms with Crippen LogP contribution in [-0.4, -0.2) is 58.8 Å². The summed E-state index contributed by atoms with van der Waals surface area (Å²) in [6, 6.07) is 0. The van der Waals surface area contributed by atoms with Crippen LogP contribution in [0.1, 0.15) is 35.9 Å². The second-order valence-electron chi connectivity index (χ2n) is 5.18. The van der Waals surface area contributed by atoms with Crippen LogP contribution in [0.5, 0.6) is 0 Å². The average molecular weight is 570 g/mol. The molecule has 0 atom stereocenters. The molecular weight excluding hydrogens is 552 g/mol. The number of sulfone groups is 1. The van der Waals surface area contributed by atoms with Gasteiger partial charge in [0.1, 0.15) is 11.5 Å². The van der Waals surface area contributed by atoms with Crippen molar-refractivity contribution < 1.29 is 22.7 Å². The predicted molar refractivity (Wildman–Crippen MR) is 117 cm³/mol. The van der Waals surface area contributed by atoms with Crippen molar-refractivity contribution >= 4 is 64.9 Å². The fourth-order valence-electron chi connectivity index (χ4n) is 1.67. The number of thiocarbonyl (C=S) groups is 1. The summed E-state index contributed by atoms with van der Waals surface area (Å²) in [5, 5.41) is -0.00127. The SMILES string of the molecule is CCOC(=O)c1nc(S(C)(=O)=O)ncc1Br.CCOC(=S)c1nc(C)ncc1Br. The van der Waals surface area contributed by atoms with Gasteiger partial charge in [0.05, 0.1) is 22.2 Å². The number of esters is 1. The van der Waals surface area contributed by atoms with E-state index in [0.29, 0.717) is 27.6 Å². The smallest absolute Gasteiger partial charge is 0.358 e. The van der Waals surface area contributed by atoms with E-state index in [-0.39, 0.29) is 12.3 Å². The fraction of sp³-hybridized carbons (Fsp3) is 0.375. The highest BCUT2D eigenvalue weighted by atomic mass is 79.9. The zero-order valence-corrected chi connectivity index (χ0v) is 20.8. The Morgan fingerprint density at radius 1 is 1.03 bits per heavy atom. The summed E-state index contributed by atoms with van der Waals surface area (Å²) < 4.78 is 33.3. The maximum absolute atomic E-state index is 11.4. The molecule has 0 radical (unpaired) electrons. The van der Waals surface area contributed by atoms with E-state index in [1.54, 1.807) is 13.1 Å². The van der Waals surface area contributed by atoms with Crippen molar-refractivity contribution in [1.29, 1.82) is 0 Å². The lowest BCUT2D eigenvalue weighted by Crippen LogP contribution is -2.13. The maximum atomic E-state index is 11.4. The van der Waals surface area contributed by atoms with Gasteiger partial charge < -0.3 is 9.47 Å². The Morgan fingerprint density at radius 2 is 1.59 bits per heavy atom. The number of halogens is 2. The minimum Gasteiger partial charge on any atom is -0.482 e. The molecule has 0 aliphatic carbocycles. The number of ether oxygens (including phenoxy) is 2. The fourth-order valence-corrected chi connectivity index (χ4v) is 3.30. The number of carbonyl (C=O) groups is 1. The molecule has 2 aromatic heterocycles. The van der Waals surface area contributed by atoms with Gasteiger partial charge in [0.25, 0.3) is 0 Å². The minimum atomic E-state index is -3.54. The van der Waals surface area contributed by atoms with Gasteiger partial charge >= 0.3 is 5.97 Å². The van der Waals surface area contributed by atoms with E-state index < -0.39 is 21.0 Å². The Morgan fingerprint density at radius 3 is 2.14 bits per heavy atom. The highest BCUT2D eigenvalue weighted by molar-refractivity contribution is 9.10. The molecule has 29 heavy (non-hydrogen) atoms. The zero-order valence-electron chi connectivity index (χ0n) is 16.0. The molecule has 0 fully saturated rings. The first-order chi connectivity index (χ1) is 13.5. The lowest BCUT2D eigenvalue weighted by molar-refractivity contribution is 0.0517. The van der Waals surface area contributed by atoms with Crippen LogP contribution in [0, 0.1) is 6.92 Å². The van der Waals surface area contributed by atoms with Gasteiger partial charge in [0.2, 0.25) is 20.0 Å². The third kappa shape index (κ3) is 7.99.